The molecular weight excluding hydrogens is 620 g/mol. The van der Waals surface area contributed by atoms with Crippen LogP contribution in [-0.4, -0.2) is 48.9 Å². The Morgan fingerprint density at radius 1 is 0.878 bits per heavy atom. The van der Waals surface area contributed by atoms with Gasteiger partial charge in [-0.05, 0) is 111 Å². The number of hydrogen-bond donors (Lipinski definition) is 5. The maximum atomic E-state index is 13.4. The number of allylic oxidation sites excluding steroid dienone is 1. The fourth-order valence-electron chi connectivity index (χ4n) is 11.4. The summed E-state index contributed by atoms with van der Waals surface area (Å²) >= 11 is 0. The average Bonchev–Trinajstić information content (AvgIpc) is 3.41. The highest BCUT2D eigenvalue weighted by molar-refractivity contribution is 5.91. The first kappa shape index (κ1) is 35.5. The molecule has 0 unspecified atom stereocenters. The molecule has 0 amide bonds. The summed E-state index contributed by atoms with van der Waals surface area (Å²) in [5.74, 6) is -1.16. The smallest absolute Gasteiger partial charge is 0.336 e. The number of hydrogen-bond acceptors (Lipinski definition) is 6. The lowest BCUT2D eigenvalue weighted by molar-refractivity contribution is -0.198. The van der Waals surface area contributed by atoms with Crippen LogP contribution in [-0.2, 0) is 16.0 Å². The summed E-state index contributed by atoms with van der Waals surface area (Å²) in [6.45, 7) is 9.78. The number of carboxylic acid groups (broad SMARTS) is 2. The van der Waals surface area contributed by atoms with E-state index in [0.29, 0.717) is 24.2 Å². The average molecular weight is 673 g/mol. The molecular formula is C41H52O8. The second-order valence-corrected chi connectivity index (χ2v) is 16.7. The maximum Gasteiger partial charge on any atom is 0.336 e. The minimum Gasteiger partial charge on any atom is -0.478 e. The first-order chi connectivity index (χ1) is 22.9. The molecule has 5 N–H and O–H groups in total. The third-order valence-electron chi connectivity index (χ3n) is 13.9. The SMILES string of the molecule is C[C@H](CCC(=O)C(C)(C)O)[C@H]1CC[C@H]2[C@@H]3CC=C4C[C@](O)(c5ccccc5C(=O)O)C[C@@](O)(c5ccccc5C(=O)O)[C@]4(C)[C@H]3CC[C@]12C. The van der Waals surface area contributed by atoms with E-state index in [4.69, 9.17) is 0 Å². The van der Waals surface area contributed by atoms with Crippen LogP contribution in [0.15, 0.2) is 60.2 Å². The summed E-state index contributed by atoms with van der Waals surface area (Å²) in [6.07, 6.45) is 7.73. The molecule has 0 heterocycles. The van der Waals surface area contributed by atoms with Gasteiger partial charge in [-0.2, -0.15) is 0 Å². The number of aromatic carboxylic acids is 2. The number of carboxylic acids is 2. The van der Waals surface area contributed by atoms with Crippen LogP contribution in [0.3, 0.4) is 0 Å². The van der Waals surface area contributed by atoms with Gasteiger partial charge in [-0.25, -0.2) is 9.59 Å². The molecule has 0 aliphatic heterocycles. The zero-order valence-electron chi connectivity index (χ0n) is 29.4. The number of rotatable bonds is 9. The third kappa shape index (κ3) is 5.49. The van der Waals surface area contributed by atoms with Gasteiger partial charge in [-0.1, -0.05) is 68.8 Å². The van der Waals surface area contributed by atoms with Gasteiger partial charge in [0.15, 0.2) is 5.78 Å². The van der Waals surface area contributed by atoms with Crippen molar-refractivity contribution in [3.63, 3.8) is 0 Å². The van der Waals surface area contributed by atoms with Crippen molar-refractivity contribution in [3.05, 3.63) is 82.4 Å². The predicted octanol–water partition coefficient (Wildman–Crippen LogP) is 7.10. The standard InChI is InChI=1S/C41H52O8/c1-24(14-19-34(42)37(2,3)47)29-17-18-30-26-16-15-25-22-40(48,32-12-8-6-10-27(32)35(43)44)23-41(49,33-13-9-7-11-28(33)36(45)46)39(25,5)31(26)20-21-38(29,30)4/h6-13,15,24,26,29-31,47-49H,14,16-23H2,1-5H3,(H,43,44)(H,45,46)/t24-,26+,29-,30+,31+,38-,39+,40-,41-/m1/s1. The number of fused-ring (bicyclic) bond motifs is 5. The fourth-order valence-corrected chi connectivity index (χ4v) is 11.4. The van der Waals surface area contributed by atoms with Crippen molar-refractivity contribution in [2.45, 2.75) is 109 Å². The molecule has 49 heavy (non-hydrogen) atoms. The number of Topliss-reactive ketones (excluding diaryl/α,β-unsaturated/α-hetero) is 1. The molecule has 6 rings (SSSR count). The van der Waals surface area contributed by atoms with Crippen molar-refractivity contribution in [2.75, 3.05) is 0 Å². The van der Waals surface area contributed by atoms with Crippen LogP contribution in [0.4, 0.5) is 0 Å². The van der Waals surface area contributed by atoms with Crippen molar-refractivity contribution in [2.24, 2.45) is 40.4 Å². The van der Waals surface area contributed by atoms with Crippen molar-refractivity contribution < 1.29 is 39.9 Å². The number of benzene rings is 2. The molecule has 2 aromatic rings. The Labute approximate surface area is 289 Å². The molecule has 3 fully saturated rings. The van der Waals surface area contributed by atoms with Crippen molar-refractivity contribution >= 4 is 17.7 Å². The summed E-state index contributed by atoms with van der Waals surface area (Å²) in [4.78, 5) is 37.6. The molecule has 264 valence electrons. The number of ketones is 1. The highest BCUT2D eigenvalue weighted by Gasteiger charge is 2.68. The monoisotopic (exact) mass is 672 g/mol. The number of aliphatic hydroxyl groups is 3. The summed E-state index contributed by atoms with van der Waals surface area (Å²) in [5, 5.41) is 56.5. The van der Waals surface area contributed by atoms with Gasteiger partial charge < -0.3 is 25.5 Å². The van der Waals surface area contributed by atoms with E-state index in [1.165, 1.54) is 12.1 Å². The lowest BCUT2D eigenvalue weighted by Gasteiger charge is -2.64. The van der Waals surface area contributed by atoms with Crippen LogP contribution in [0.2, 0.25) is 0 Å². The van der Waals surface area contributed by atoms with Crippen LogP contribution in [0.1, 0.15) is 124 Å². The summed E-state index contributed by atoms with van der Waals surface area (Å²) in [7, 11) is 0. The van der Waals surface area contributed by atoms with Crippen molar-refractivity contribution in [1.82, 2.24) is 0 Å². The highest BCUT2D eigenvalue weighted by atomic mass is 16.4. The quantitative estimate of drug-likeness (QED) is 0.177. The zero-order chi connectivity index (χ0) is 35.7. The second kappa shape index (κ2) is 12.2. The van der Waals surface area contributed by atoms with E-state index >= 15 is 0 Å². The van der Waals surface area contributed by atoms with Crippen LogP contribution < -0.4 is 0 Å². The lowest BCUT2D eigenvalue weighted by atomic mass is 9.41. The van der Waals surface area contributed by atoms with E-state index in [1.807, 2.05) is 0 Å². The third-order valence-corrected chi connectivity index (χ3v) is 13.9. The van der Waals surface area contributed by atoms with Gasteiger partial charge in [0.05, 0.1) is 16.7 Å². The molecule has 0 spiro atoms. The van der Waals surface area contributed by atoms with Gasteiger partial charge in [0, 0.05) is 24.7 Å². The van der Waals surface area contributed by atoms with Crippen LogP contribution in [0.5, 0.6) is 0 Å². The summed E-state index contributed by atoms with van der Waals surface area (Å²) in [6, 6.07) is 12.8. The topological polar surface area (TPSA) is 152 Å². The van der Waals surface area contributed by atoms with Gasteiger partial charge in [0.1, 0.15) is 11.2 Å². The van der Waals surface area contributed by atoms with E-state index in [-0.39, 0.29) is 58.1 Å². The Morgan fingerprint density at radius 2 is 1.47 bits per heavy atom. The van der Waals surface area contributed by atoms with Gasteiger partial charge >= 0.3 is 11.9 Å². The van der Waals surface area contributed by atoms with Gasteiger partial charge in [0.2, 0.25) is 0 Å². The second-order valence-electron chi connectivity index (χ2n) is 16.7. The van der Waals surface area contributed by atoms with Crippen LogP contribution in [0.25, 0.3) is 0 Å². The predicted molar refractivity (Wildman–Crippen MR) is 185 cm³/mol. The minimum absolute atomic E-state index is 0.00233. The van der Waals surface area contributed by atoms with Gasteiger partial charge in [-0.15, -0.1) is 0 Å². The summed E-state index contributed by atoms with van der Waals surface area (Å²) in [5.41, 5.74) is -4.57. The normalized spacial score (nSPS) is 36.1. The molecule has 0 saturated heterocycles. The highest BCUT2D eigenvalue weighted by Crippen LogP contribution is 2.72. The van der Waals surface area contributed by atoms with Gasteiger partial charge in [-0.3, -0.25) is 4.79 Å². The first-order valence-corrected chi connectivity index (χ1v) is 17.9. The fraction of sp³-hybridized carbons (Fsp3) is 0.585. The number of carbonyl (C=O) groups excluding carboxylic acids is 1. The molecule has 0 aromatic heterocycles. The van der Waals surface area contributed by atoms with Crippen LogP contribution >= 0.6 is 0 Å². The van der Waals surface area contributed by atoms with E-state index in [1.54, 1.807) is 50.2 Å². The molecule has 8 heteroatoms. The van der Waals surface area contributed by atoms with E-state index in [0.717, 1.165) is 44.1 Å². The Morgan fingerprint density at radius 3 is 2.08 bits per heavy atom. The summed E-state index contributed by atoms with van der Waals surface area (Å²) < 4.78 is 0. The molecule has 0 radical (unpaired) electrons. The first-order valence-electron chi connectivity index (χ1n) is 17.9. The Hall–Kier alpha value is -3.33. The Balaban J connectivity index is 1.42. The van der Waals surface area contributed by atoms with E-state index in [9.17, 15) is 39.9 Å². The molecule has 9 atom stereocenters. The zero-order valence-corrected chi connectivity index (χ0v) is 29.4. The molecule has 8 nitrogen and oxygen atoms in total. The lowest BCUT2D eigenvalue weighted by Crippen LogP contribution is -2.62. The van der Waals surface area contributed by atoms with Crippen LogP contribution in [0, 0.1) is 40.4 Å². The van der Waals surface area contributed by atoms with E-state index < -0.39 is 34.2 Å². The van der Waals surface area contributed by atoms with Crippen molar-refractivity contribution in [3.8, 4) is 0 Å². The maximum absolute atomic E-state index is 13.4. The Kier molecular flexibility index (Phi) is 8.81. The molecule has 0 bridgehead atoms. The van der Waals surface area contributed by atoms with E-state index in [2.05, 4.69) is 26.8 Å². The largest absolute Gasteiger partial charge is 0.478 e. The molecule has 3 saturated carbocycles. The molecule has 4 aliphatic rings. The molecule has 2 aromatic carbocycles. The minimum atomic E-state index is -1.83. The van der Waals surface area contributed by atoms with Gasteiger partial charge in [0.25, 0.3) is 0 Å². The van der Waals surface area contributed by atoms with Crippen molar-refractivity contribution in [1.29, 1.82) is 0 Å². The molecule has 4 aliphatic carbocycles. The Bertz CT molecular complexity index is 1690. The number of carbonyl (C=O) groups is 3.